The molecule has 1 aromatic rings. The summed E-state index contributed by atoms with van der Waals surface area (Å²) in [4.78, 5) is 13.7. The van der Waals surface area contributed by atoms with Gasteiger partial charge in [-0.3, -0.25) is 4.79 Å². The fourth-order valence-electron chi connectivity index (χ4n) is 2.03. The van der Waals surface area contributed by atoms with Crippen LogP contribution >= 0.6 is 0 Å². The Morgan fingerprint density at radius 1 is 1.33 bits per heavy atom. The van der Waals surface area contributed by atoms with Crippen molar-refractivity contribution in [3.63, 3.8) is 0 Å². The molecule has 1 heterocycles. The maximum absolute atomic E-state index is 12.3. The second-order valence-electron chi connectivity index (χ2n) is 4.27. The van der Waals surface area contributed by atoms with Crippen molar-refractivity contribution in [1.82, 2.24) is 4.90 Å². The number of carbonyl (C=O) groups is 1. The highest BCUT2D eigenvalue weighted by Crippen LogP contribution is 2.22. The Balaban J connectivity index is 2.19. The Labute approximate surface area is 106 Å². The van der Waals surface area contributed by atoms with Crippen molar-refractivity contribution in [2.75, 3.05) is 19.7 Å². The predicted octanol–water partition coefficient (Wildman–Crippen LogP) is 0.263. The van der Waals surface area contributed by atoms with Crippen LogP contribution in [0.2, 0.25) is 0 Å². The Morgan fingerprint density at radius 2 is 1.94 bits per heavy atom. The molecule has 1 saturated heterocycles. The molecule has 0 aliphatic carbocycles. The van der Waals surface area contributed by atoms with Gasteiger partial charge in [-0.1, -0.05) is 12.1 Å². The summed E-state index contributed by atoms with van der Waals surface area (Å²) in [7, 11) is 0. The van der Waals surface area contributed by atoms with Gasteiger partial charge in [-0.15, -0.1) is 0 Å². The molecule has 1 amide bonds. The van der Waals surface area contributed by atoms with Crippen LogP contribution in [0.15, 0.2) is 24.3 Å². The van der Waals surface area contributed by atoms with Crippen LogP contribution in [0.3, 0.4) is 0 Å². The smallest absolute Gasteiger partial charge is 0.257 e. The third-order valence-corrected chi connectivity index (χ3v) is 2.96. The molecule has 18 heavy (non-hydrogen) atoms. The van der Waals surface area contributed by atoms with Crippen molar-refractivity contribution in [3.8, 4) is 5.75 Å². The summed E-state index contributed by atoms with van der Waals surface area (Å²) in [5, 5.41) is 18.9. The van der Waals surface area contributed by atoms with Gasteiger partial charge in [0.25, 0.3) is 5.91 Å². The van der Waals surface area contributed by atoms with Gasteiger partial charge in [-0.2, -0.15) is 0 Å². The van der Waals surface area contributed by atoms with Crippen LogP contribution in [0.1, 0.15) is 17.3 Å². The second-order valence-corrected chi connectivity index (χ2v) is 4.27. The van der Waals surface area contributed by atoms with E-state index >= 15 is 0 Å². The van der Waals surface area contributed by atoms with Gasteiger partial charge in [0.05, 0.1) is 24.4 Å². The molecule has 2 unspecified atom stereocenters. The fraction of sp³-hybridized carbons (Fsp3) is 0.462. The van der Waals surface area contributed by atoms with E-state index < -0.39 is 12.2 Å². The minimum atomic E-state index is -0.867. The van der Waals surface area contributed by atoms with Crippen molar-refractivity contribution in [3.05, 3.63) is 29.8 Å². The van der Waals surface area contributed by atoms with Crippen LogP contribution in [0.25, 0.3) is 0 Å². The lowest BCUT2D eigenvalue weighted by molar-refractivity contribution is 0.0572. The van der Waals surface area contributed by atoms with Gasteiger partial charge in [0.1, 0.15) is 5.75 Å². The van der Waals surface area contributed by atoms with E-state index in [0.29, 0.717) is 17.9 Å². The first-order valence-electron chi connectivity index (χ1n) is 6.00. The lowest BCUT2D eigenvalue weighted by Crippen LogP contribution is -2.30. The Bertz CT molecular complexity index is 425. The minimum Gasteiger partial charge on any atom is -0.493 e. The molecule has 0 saturated carbocycles. The van der Waals surface area contributed by atoms with Gasteiger partial charge in [0, 0.05) is 13.1 Å². The zero-order valence-electron chi connectivity index (χ0n) is 10.2. The number of carbonyl (C=O) groups excluding carboxylic acids is 1. The number of hydrogen-bond donors (Lipinski definition) is 2. The van der Waals surface area contributed by atoms with Crippen molar-refractivity contribution in [2.45, 2.75) is 19.1 Å². The Hall–Kier alpha value is -1.59. The number of rotatable bonds is 3. The number of para-hydroxylation sites is 1. The third kappa shape index (κ3) is 2.47. The highest BCUT2D eigenvalue weighted by Gasteiger charge is 2.33. The first-order valence-corrected chi connectivity index (χ1v) is 6.00. The van der Waals surface area contributed by atoms with E-state index in [4.69, 9.17) is 4.74 Å². The number of β-amino-alcohol motifs (C(OH)–C–C–N with tert-alkyl or cyclic N) is 2. The summed E-state index contributed by atoms with van der Waals surface area (Å²) < 4.78 is 5.40. The minimum absolute atomic E-state index is 0.153. The van der Waals surface area contributed by atoms with Gasteiger partial charge in [-0.25, -0.2) is 0 Å². The molecule has 0 bridgehead atoms. The summed E-state index contributed by atoms with van der Waals surface area (Å²) in [6, 6.07) is 6.98. The second kappa shape index (κ2) is 5.37. The summed E-state index contributed by atoms with van der Waals surface area (Å²) in [6.07, 6.45) is -1.73. The Kier molecular flexibility index (Phi) is 3.84. The summed E-state index contributed by atoms with van der Waals surface area (Å²) in [5.41, 5.74) is 0.459. The molecule has 2 rings (SSSR count). The number of nitrogens with zero attached hydrogens (tertiary/aromatic N) is 1. The molecule has 5 nitrogen and oxygen atoms in total. The molecule has 0 spiro atoms. The van der Waals surface area contributed by atoms with Crippen LogP contribution in [0.4, 0.5) is 0 Å². The first-order chi connectivity index (χ1) is 8.63. The molecule has 1 aromatic carbocycles. The zero-order chi connectivity index (χ0) is 13.1. The number of benzene rings is 1. The summed E-state index contributed by atoms with van der Waals surface area (Å²) >= 11 is 0. The normalized spacial score (nSPS) is 23.2. The molecule has 0 radical (unpaired) electrons. The zero-order valence-corrected chi connectivity index (χ0v) is 10.2. The van der Waals surface area contributed by atoms with E-state index in [1.165, 1.54) is 4.90 Å². The number of aliphatic hydroxyl groups is 2. The topological polar surface area (TPSA) is 70.0 Å². The van der Waals surface area contributed by atoms with Gasteiger partial charge in [0.2, 0.25) is 0 Å². The predicted molar refractivity (Wildman–Crippen MR) is 65.5 cm³/mol. The van der Waals surface area contributed by atoms with Gasteiger partial charge in [-0.05, 0) is 19.1 Å². The molecule has 1 aliphatic rings. The third-order valence-electron chi connectivity index (χ3n) is 2.96. The quantitative estimate of drug-likeness (QED) is 0.808. The monoisotopic (exact) mass is 251 g/mol. The average molecular weight is 251 g/mol. The van der Waals surface area contributed by atoms with Gasteiger partial charge >= 0.3 is 0 Å². The average Bonchev–Trinajstić information content (AvgIpc) is 2.70. The largest absolute Gasteiger partial charge is 0.493 e. The molecular formula is C13H17NO4. The summed E-state index contributed by atoms with van der Waals surface area (Å²) in [5.74, 6) is 0.301. The first kappa shape index (κ1) is 12.9. The SMILES string of the molecule is CCOc1ccccc1C(=O)N1CC(O)C(O)C1. The van der Waals surface area contributed by atoms with E-state index in [1.807, 2.05) is 6.92 Å². The molecule has 1 aliphatic heterocycles. The van der Waals surface area contributed by atoms with E-state index in [2.05, 4.69) is 0 Å². The van der Waals surface area contributed by atoms with E-state index in [0.717, 1.165) is 0 Å². The van der Waals surface area contributed by atoms with Crippen LogP contribution in [-0.2, 0) is 0 Å². The van der Waals surface area contributed by atoms with E-state index in [9.17, 15) is 15.0 Å². The number of amides is 1. The Morgan fingerprint density at radius 3 is 2.56 bits per heavy atom. The highest BCUT2D eigenvalue weighted by molar-refractivity contribution is 5.97. The van der Waals surface area contributed by atoms with Crippen LogP contribution < -0.4 is 4.74 Å². The van der Waals surface area contributed by atoms with Crippen LogP contribution in [-0.4, -0.2) is 52.9 Å². The lowest BCUT2D eigenvalue weighted by atomic mass is 10.2. The fourth-order valence-corrected chi connectivity index (χ4v) is 2.03. The van der Waals surface area contributed by atoms with Crippen molar-refractivity contribution in [2.24, 2.45) is 0 Å². The maximum Gasteiger partial charge on any atom is 0.257 e. The highest BCUT2D eigenvalue weighted by atomic mass is 16.5. The summed E-state index contributed by atoms with van der Waals surface area (Å²) in [6.45, 7) is 2.64. The van der Waals surface area contributed by atoms with E-state index in [1.54, 1.807) is 24.3 Å². The van der Waals surface area contributed by atoms with Crippen molar-refractivity contribution >= 4 is 5.91 Å². The van der Waals surface area contributed by atoms with Gasteiger partial charge < -0.3 is 19.8 Å². The molecular weight excluding hydrogens is 234 g/mol. The molecule has 2 N–H and O–H groups in total. The van der Waals surface area contributed by atoms with Crippen LogP contribution in [0, 0.1) is 0 Å². The number of hydrogen-bond acceptors (Lipinski definition) is 4. The van der Waals surface area contributed by atoms with Gasteiger partial charge in [0.15, 0.2) is 0 Å². The van der Waals surface area contributed by atoms with E-state index in [-0.39, 0.29) is 19.0 Å². The molecule has 5 heteroatoms. The maximum atomic E-state index is 12.3. The van der Waals surface area contributed by atoms with Crippen molar-refractivity contribution in [1.29, 1.82) is 0 Å². The number of aliphatic hydroxyl groups excluding tert-OH is 2. The number of likely N-dealkylation sites (tertiary alicyclic amines) is 1. The lowest BCUT2D eigenvalue weighted by Gasteiger charge is -2.17. The van der Waals surface area contributed by atoms with Crippen LogP contribution in [0.5, 0.6) is 5.75 Å². The van der Waals surface area contributed by atoms with Crippen molar-refractivity contribution < 1.29 is 19.7 Å². The molecule has 98 valence electrons. The molecule has 2 atom stereocenters. The standard InChI is InChI=1S/C13H17NO4/c1-2-18-12-6-4-3-5-9(12)13(17)14-7-10(15)11(16)8-14/h3-6,10-11,15-16H,2,7-8H2,1H3. The molecule has 0 aromatic heterocycles. The molecule has 1 fully saturated rings. The number of ether oxygens (including phenoxy) is 1.